The van der Waals surface area contributed by atoms with E-state index in [4.69, 9.17) is 7.85 Å². The number of rotatable bonds is 2. The number of amides is 1. The van der Waals surface area contributed by atoms with E-state index in [9.17, 15) is 10.1 Å². The van der Waals surface area contributed by atoms with E-state index in [1.54, 1.807) is 31.3 Å². The fraction of sp³-hybridized carbons (Fsp3) is 0.278. The van der Waals surface area contributed by atoms with E-state index in [0.29, 0.717) is 28.0 Å². The van der Waals surface area contributed by atoms with Crippen LogP contribution in [0.3, 0.4) is 0 Å². The van der Waals surface area contributed by atoms with Crippen LogP contribution >= 0.6 is 0 Å². The number of carbonyl (C=O) groups excluding carboxylic acids is 1. The number of carbonyl (C=O) groups is 1. The highest BCUT2D eigenvalue weighted by atomic mass is 16.1. The summed E-state index contributed by atoms with van der Waals surface area (Å²) >= 11 is 0. The standard InChI is InChI=1S/C18H18BN3O/c1-11-16(19)8-15(10-21-11)22-17(23)13-5-12(9-20)6-14(7-13)18(2,3)4/h5-8,10H,1-4H3,(H,22,23). The molecular weight excluding hydrogens is 285 g/mol. The summed E-state index contributed by atoms with van der Waals surface area (Å²) in [4.78, 5) is 16.6. The second-order valence-electron chi connectivity index (χ2n) is 6.51. The van der Waals surface area contributed by atoms with Crippen LogP contribution in [0.4, 0.5) is 5.69 Å². The zero-order valence-electron chi connectivity index (χ0n) is 13.8. The molecular formula is C18H18BN3O. The van der Waals surface area contributed by atoms with Crippen molar-refractivity contribution < 1.29 is 4.79 Å². The summed E-state index contributed by atoms with van der Waals surface area (Å²) < 4.78 is 0. The number of nitriles is 1. The van der Waals surface area contributed by atoms with Gasteiger partial charge in [0.25, 0.3) is 5.91 Å². The van der Waals surface area contributed by atoms with Crippen molar-refractivity contribution in [2.45, 2.75) is 33.1 Å². The molecule has 0 bridgehead atoms. The van der Waals surface area contributed by atoms with Crippen LogP contribution in [0, 0.1) is 18.3 Å². The fourth-order valence-corrected chi connectivity index (χ4v) is 2.08. The summed E-state index contributed by atoms with van der Waals surface area (Å²) in [7, 11) is 5.81. The van der Waals surface area contributed by atoms with E-state index < -0.39 is 0 Å². The molecule has 0 aliphatic heterocycles. The number of aryl methyl sites for hydroxylation is 1. The predicted octanol–water partition coefficient (Wildman–Crippen LogP) is 2.61. The van der Waals surface area contributed by atoms with Crippen molar-refractivity contribution in [3.05, 3.63) is 52.8 Å². The van der Waals surface area contributed by atoms with Gasteiger partial charge in [-0.1, -0.05) is 26.2 Å². The molecule has 1 heterocycles. The lowest BCUT2D eigenvalue weighted by Gasteiger charge is -2.20. The van der Waals surface area contributed by atoms with Crippen LogP contribution in [0.5, 0.6) is 0 Å². The third kappa shape index (κ3) is 3.98. The second kappa shape index (κ2) is 6.25. The number of anilines is 1. The van der Waals surface area contributed by atoms with Gasteiger partial charge in [0.1, 0.15) is 7.85 Å². The van der Waals surface area contributed by atoms with Gasteiger partial charge < -0.3 is 5.32 Å². The van der Waals surface area contributed by atoms with E-state index in [0.717, 1.165) is 5.56 Å². The lowest BCUT2D eigenvalue weighted by molar-refractivity contribution is 0.102. The molecule has 2 aromatic rings. The van der Waals surface area contributed by atoms with Crippen molar-refractivity contribution in [2.75, 3.05) is 5.32 Å². The molecule has 0 aliphatic carbocycles. The fourth-order valence-electron chi connectivity index (χ4n) is 2.08. The summed E-state index contributed by atoms with van der Waals surface area (Å²) in [6.45, 7) is 7.91. The zero-order valence-corrected chi connectivity index (χ0v) is 13.8. The Kier molecular flexibility index (Phi) is 4.56. The predicted molar refractivity (Wildman–Crippen MR) is 92.2 cm³/mol. The molecule has 0 spiro atoms. The van der Waals surface area contributed by atoms with Crippen molar-refractivity contribution in [2.24, 2.45) is 0 Å². The third-order valence-electron chi connectivity index (χ3n) is 3.57. The van der Waals surface area contributed by atoms with Crippen LogP contribution in [0.1, 0.15) is 48.0 Å². The second-order valence-corrected chi connectivity index (χ2v) is 6.51. The monoisotopic (exact) mass is 303 g/mol. The summed E-state index contributed by atoms with van der Waals surface area (Å²) in [6.07, 6.45) is 1.56. The summed E-state index contributed by atoms with van der Waals surface area (Å²) in [5, 5.41) is 11.9. The smallest absolute Gasteiger partial charge is 0.255 e. The van der Waals surface area contributed by atoms with E-state index in [2.05, 4.69) is 16.4 Å². The maximum atomic E-state index is 12.5. The molecule has 0 unspecified atom stereocenters. The first-order chi connectivity index (χ1) is 10.7. The Bertz CT molecular complexity index is 801. The highest BCUT2D eigenvalue weighted by molar-refractivity contribution is 6.33. The Hall–Kier alpha value is -2.61. The molecule has 1 aromatic carbocycles. The van der Waals surface area contributed by atoms with Gasteiger partial charge in [0, 0.05) is 11.3 Å². The lowest BCUT2D eigenvalue weighted by Crippen LogP contribution is -2.18. The quantitative estimate of drug-likeness (QED) is 0.867. The normalized spacial score (nSPS) is 10.9. The van der Waals surface area contributed by atoms with Gasteiger partial charge in [-0.3, -0.25) is 9.78 Å². The van der Waals surface area contributed by atoms with Crippen molar-refractivity contribution in [1.82, 2.24) is 4.98 Å². The maximum Gasteiger partial charge on any atom is 0.255 e. The number of benzene rings is 1. The first-order valence-electron chi connectivity index (χ1n) is 7.30. The SMILES string of the molecule is [B]c1cc(NC(=O)c2cc(C#N)cc(C(C)(C)C)c2)cnc1C. The molecule has 2 radical (unpaired) electrons. The topological polar surface area (TPSA) is 65.8 Å². The third-order valence-corrected chi connectivity index (χ3v) is 3.57. The van der Waals surface area contributed by atoms with Gasteiger partial charge in [0.15, 0.2) is 0 Å². The maximum absolute atomic E-state index is 12.5. The van der Waals surface area contributed by atoms with Gasteiger partial charge in [-0.05, 0) is 42.2 Å². The number of hydrogen-bond donors (Lipinski definition) is 1. The minimum atomic E-state index is -0.294. The summed E-state index contributed by atoms with van der Waals surface area (Å²) in [5.41, 5.74) is 3.43. The average molecular weight is 303 g/mol. The molecule has 0 aliphatic rings. The molecule has 0 saturated carbocycles. The Balaban J connectivity index is 2.35. The van der Waals surface area contributed by atoms with E-state index in [1.165, 1.54) is 0 Å². The summed E-state index contributed by atoms with van der Waals surface area (Å²) in [6, 6.07) is 8.96. The first-order valence-corrected chi connectivity index (χ1v) is 7.30. The van der Waals surface area contributed by atoms with Crippen molar-refractivity contribution in [1.29, 1.82) is 5.26 Å². The average Bonchev–Trinajstić information content (AvgIpc) is 2.49. The zero-order chi connectivity index (χ0) is 17.2. The van der Waals surface area contributed by atoms with Crippen LogP contribution in [-0.4, -0.2) is 18.7 Å². The first kappa shape index (κ1) is 16.8. The van der Waals surface area contributed by atoms with Crippen LogP contribution in [0.15, 0.2) is 30.5 Å². The Morgan fingerprint density at radius 3 is 2.52 bits per heavy atom. The highest BCUT2D eigenvalue weighted by Crippen LogP contribution is 2.25. The minimum absolute atomic E-state index is 0.155. The van der Waals surface area contributed by atoms with Gasteiger partial charge in [-0.25, -0.2) is 0 Å². The molecule has 4 nitrogen and oxygen atoms in total. The van der Waals surface area contributed by atoms with Crippen LogP contribution in [0.25, 0.3) is 0 Å². The van der Waals surface area contributed by atoms with Gasteiger partial charge in [0.2, 0.25) is 0 Å². The van der Waals surface area contributed by atoms with E-state index >= 15 is 0 Å². The van der Waals surface area contributed by atoms with Gasteiger partial charge in [0.05, 0.1) is 23.5 Å². The number of nitrogens with one attached hydrogen (secondary N) is 1. The molecule has 0 atom stereocenters. The highest BCUT2D eigenvalue weighted by Gasteiger charge is 2.18. The number of hydrogen-bond acceptors (Lipinski definition) is 3. The molecule has 1 N–H and O–H groups in total. The molecule has 1 aromatic heterocycles. The molecule has 5 heteroatoms. The molecule has 2 rings (SSSR count). The van der Waals surface area contributed by atoms with Crippen molar-refractivity contribution >= 4 is 24.9 Å². The van der Waals surface area contributed by atoms with Crippen LogP contribution in [-0.2, 0) is 5.41 Å². The number of pyridine rings is 1. The molecule has 0 saturated heterocycles. The van der Waals surface area contributed by atoms with Crippen molar-refractivity contribution in [3.8, 4) is 6.07 Å². The van der Waals surface area contributed by atoms with Gasteiger partial charge in [-0.15, -0.1) is 0 Å². The van der Waals surface area contributed by atoms with E-state index in [-0.39, 0.29) is 11.3 Å². The van der Waals surface area contributed by atoms with Gasteiger partial charge >= 0.3 is 0 Å². The lowest BCUT2D eigenvalue weighted by atomic mass is 9.85. The molecule has 0 fully saturated rings. The summed E-state index contributed by atoms with van der Waals surface area (Å²) in [5.74, 6) is -0.294. The number of nitrogens with zero attached hydrogens (tertiary/aromatic N) is 2. The molecule has 1 amide bonds. The Labute approximate surface area is 138 Å². The van der Waals surface area contributed by atoms with Crippen LogP contribution < -0.4 is 10.8 Å². The van der Waals surface area contributed by atoms with E-state index in [1.807, 2.05) is 26.8 Å². The number of aromatic nitrogens is 1. The van der Waals surface area contributed by atoms with Gasteiger partial charge in [-0.2, -0.15) is 5.26 Å². The Morgan fingerprint density at radius 2 is 1.96 bits per heavy atom. The van der Waals surface area contributed by atoms with Crippen LogP contribution in [0.2, 0.25) is 0 Å². The minimum Gasteiger partial charge on any atom is -0.321 e. The Morgan fingerprint density at radius 1 is 1.26 bits per heavy atom. The molecule has 114 valence electrons. The largest absolute Gasteiger partial charge is 0.321 e. The van der Waals surface area contributed by atoms with Crippen molar-refractivity contribution in [3.63, 3.8) is 0 Å². The molecule has 23 heavy (non-hydrogen) atoms.